The van der Waals surface area contributed by atoms with E-state index in [0.29, 0.717) is 6.42 Å². The van der Waals surface area contributed by atoms with Gasteiger partial charge in [0.15, 0.2) is 0 Å². The van der Waals surface area contributed by atoms with Crippen molar-refractivity contribution in [2.75, 3.05) is 6.61 Å². The Balaban J connectivity index is 3.48. The number of nitrogens with one attached hydrogen (secondary N) is 1. The molecule has 45 heavy (non-hydrogen) atoms. The van der Waals surface area contributed by atoms with Crippen molar-refractivity contribution in [2.24, 2.45) is 0 Å². The van der Waals surface area contributed by atoms with Gasteiger partial charge in [-0.05, 0) is 39.0 Å². The molecule has 0 aliphatic heterocycles. The molecule has 0 saturated heterocycles. The van der Waals surface area contributed by atoms with Crippen molar-refractivity contribution < 1.29 is 15.0 Å². The first-order chi connectivity index (χ1) is 22.2. The number of rotatable bonds is 35. The molecule has 264 valence electrons. The molecule has 0 radical (unpaired) electrons. The first-order valence-corrected chi connectivity index (χ1v) is 19.7. The van der Waals surface area contributed by atoms with Crippen molar-refractivity contribution in [3.8, 4) is 0 Å². The average molecular weight is 632 g/mol. The van der Waals surface area contributed by atoms with Gasteiger partial charge in [-0.3, -0.25) is 4.79 Å². The quantitative estimate of drug-likeness (QED) is 0.0481. The molecule has 0 heterocycles. The molecule has 0 aromatic carbocycles. The van der Waals surface area contributed by atoms with Gasteiger partial charge in [0.25, 0.3) is 0 Å². The SMILES string of the molecule is C/C=C/CC/C=C/CC/C=C/C(O)C(CO)NC(=O)CCCCCCCCCCCCCCCCCCCCCCCCCC. The fourth-order valence-corrected chi connectivity index (χ4v) is 5.92. The van der Waals surface area contributed by atoms with Gasteiger partial charge >= 0.3 is 0 Å². The Kier molecular flexibility index (Phi) is 35.9. The second-order valence-corrected chi connectivity index (χ2v) is 13.4. The maximum Gasteiger partial charge on any atom is 0.220 e. The highest BCUT2D eigenvalue weighted by Crippen LogP contribution is 2.16. The molecule has 0 aliphatic rings. The molecule has 4 nitrogen and oxygen atoms in total. The van der Waals surface area contributed by atoms with Crippen LogP contribution >= 0.6 is 0 Å². The van der Waals surface area contributed by atoms with Crippen LogP contribution in [0, 0.1) is 0 Å². The van der Waals surface area contributed by atoms with Crippen molar-refractivity contribution in [3.05, 3.63) is 36.5 Å². The largest absolute Gasteiger partial charge is 0.394 e. The third-order valence-electron chi connectivity index (χ3n) is 8.95. The number of allylic oxidation sites excluding steroid dienone is 5. The molecule has 0 saturated carbocycles. The van der Waals surface area contributed by atoms with E-state index in [1.165, 1.54) is 141 Å². The van der Waals surface area contributed by atoms with Gasteiger partial charge in [-0.25, -0.2) is 0 Å². The Labute approximate surface area is 281 Å². The number of aliphatic hydroxyl groups is 2. The van der Waals surface area contributed by atoms with E-state index in [1.807, 2.05) is 13.0 Å². The molecule has 0 spiro atoms. The van der Waals surface area contributed by atoms with Gasteiger partial charge < -0.3 is 15.5 Å². The average Bonchev–Trinajstić information content (AvgIpc) is 3.04. The van der Waals surface area contributed by atoms with Crippen LogP contribution in [0.25, 0.3) is 0 Å². The van der Waals surface area contributed by atoms with Gasteiger partial charge in [-0.2, -0.15) is 0 Å². The molecule has 3 N–H and O–H groups in total. The molecular formula is C41H77NO3. The highest BCUT2D eigenvalue weighted by Gasteiger charge is 2.17. The maximum atomic E-state index is 12.3. The standard InChI is InChI=1S/C41H77NO3/c1-3-5-7-9-11-13-14-15-16-17-18-19-20-21-22-23-24-25-26-27-29-31-33-35-37-41(45)42-39(38-43)40(44)36-34-32-30-28-12-10-8-6-4-2/h4,6,12,28,34,36,39-40,43-44H,3,5,7-11,13-27,29-33,35,37-38H2,1-2H3,(H,42,45)/b6-4+,28-12+,36-34+. The summed E-state index contributed by atoms with van der Waals surface area (Å²) in [7, 11) is 0. The molecule has 0 aliphatic carbocycles. The van der Waals surface area contributed by atoms with Gasteiger partial charge in [0, 0.05) is 6.42 Å². The number of aliphatic hydroxyl groups excluding tert-OH is 2. The van der Waals surface area contributed by atoms with Crippen LogP contribution in [-0.4, -0.2) is 34.9 Å². The molecule has 0 rings (SSSR count). The molecule has 0 fully saturated rings. The van der Waals surface area contributed by atoms with Gasteiger partial charge in [-0.1, -0.05) is 191 Å². The molecule has 2 atom stereocenters. The number of carbonyl (C=O) groups excluding carboxylic acids is 1. The number of unbranched alkanes of at least 4 members (excludes halogenated alkanes) is 25. The van der Waals surface area contributed by atoms with E-state index in [-0.39, 0.29) is 12.5 Å². The van der Waals surface area contributed by atoms with Gasteiger partial charge in [0.2, 0.25) is 5.91 Å². The predicted molar refractivity (Wildman–Crippen MR) is 198 cm³/mol. The van der Waals surface area contributed by atoms with Crippen LogP contribution in [0.3, 0.4) is 0 Å². The van der Waals surface area contributed by atoms with Crippen molar-refractivity contribution in [1.29, 1.82) is 0 Å². The number of hydrogen-bond donors (Lipinski definition) is 3. The van der Waals surface area contributed by atoms with Crippen molar-refractivity contribution in [2.45, 2.75) is 212 Å². The Hall–Kier alpha value is -1.39. The van der Waals surface area contributed by atoms with Crippen LogP contribution in [-0.2, 0) is 4.79 Å². The van der Waals surface area contributed by atoms with Crippen LogP contribution in [0.15, 0.2) is 36.5 Å². The fraction of sp³-hybridized carbons (Fsp3) is 0.829. The lowest BCUT2D eigenvalue weighted by Gasteiger charge is -2.19. The normalized spacial score (nSPS) is 13.4. The number of hydrogen-bond acceptors (Lipinski definition) is 3. The second kappa shape index (κ2) is 37.1. The molecule has 1 amide bonds. The van der Waals surface area contributed by atoms with Crippen molar-refractivity contribution in [1.82, 2.24) is 5.32 Å². The summed E-state index contributed by atoms with van der Waals surface area (Å²) in [4.78, 5) is 12.3. The van der Waals surface area contributed by atoms with Gasteiger partial charge in [0.05, 0.1) is 18.8 Å². The second-order valence-electron chi connectivity index (χ2n) is 13.4. The summed E-state index contributed by atoms with van der Waals surface area (Å²) in [6.45, 7) is 4.06. The Morgan fingerprint density at radius 1 is 0.556 bits per heavy atom. The summed E-state index contributed by atoms with van der Waals surface area (Å²) < 4.78 is 0. The van der Waals surface area contributed by atoms with E-state index in [4.69, 9.17) is 0 Å². The Bertz CT molecular complexity index is 686. The summed E-state index contributed by atoms with van der Waals surface area (Å²) in [5, 5.41) is 22.8. The molecule has 2 unspecified atom stereocenters. The van der Waals surface area contributed by atoms with Crippen LogP contribution in [0.2, 0.25) is 0 Å². The molecule has 0 bridgehead atoms. The number of carbonyl (C=O) groups is 1. The van der Waals surface area contributed by atoms with Crippen LogP contribution in [0.5, 0.6) is 0 Å². The lowest BCUT2D eigenvalue weighted by molar-refractivity contribution is -0.123. The number of amides is 1. The Morgan fingerprint density at radius 2 is 0.911 bits per heavy atom. The summed E-state index contributed by atoms with van der Waals surface area (Å²) in [6.07, 6.45) is 48.4. The smallest absolute Gasteiger partial charge is 0.220 e. The van der Waals surface area contributed by atoms with E-state index in [2.05, 4.69) is 36.5 Å². The zero-order valence-corrected chi connectivity index (χ0v) is 30.1. The fourth-order valence-electron chi connectivity index (χ4n) is 5.92. The van der Waals surface area contributed by atoms with Crippen molar-refractivity contribution >= 4 is 5.91 Å². The summed E-state index contributed by atoms with van der Waals surface area (Å²) in [5.41, 5.74) is 0. The van der Waals surface area contributed by atoms with Gasteiger partial charge in [-0.15, -0.1) is 0 Å². The van der Waals surface area contributed by atoms with E-state index >= 15 is 0 Å². The molecule has 0 aromatic rings. The molecule has 4 heteroatoms. The molecule has 0 aromatic heterocycles. The highest BCUT2D eigenvalue weighted by atomic mass is 16.3. The van der Waals surface area contributed by atoms with Crippen molar-refractivity contribution in [3.63, 3.8) is 0 Å². The van der Waals surface area contributed by atoms with E-state index in [1.54, 1.807) is 6.08 Å². The minimum Gasteiger partial charge on any atom is -0.394 e. The molecular weight excluding hydrogens is 554 g/mol. The van der Waals surface area contributed by atoms with Gasteiger partial charge in [0.1, 0.15) is 0 Å². The van der Waals surface area contributed by atoms with E-state index in [0.717, 1.165) is 38.5 Å². The lowest BCUT2D eigenvalue weighted by Crippen LogP contribution is -2.45. The summed E-state index contributed by atoms with van der Waals surface area (Å²) in [5.74, 6) is -0.0793. The monoisotopic (exact) mass is 632 g/mol. The zero-order chi connectivity index (χ0) is 32.9. The zero-order valence-electron chi connectivity index (χ0n) is 30.1. The van der Waals surface area contributed by atoms with E-state index in [9.17, 15) is 15.0 Å². The van der Waals surface area contributed by atoms with Crippen LogP contribution < -0.4 is 5.32 Å². The maximum absolute atomic E-state index is 12.3. The summed E-state index contributed by atoms with van der Waals surface area (Å²) >= 11 is 0. The predicted octanol–water partition coefficient (Wildman–Crippen LogP) is 11.8. The van der Waals surface area contributed by atoms with Crippen LogP contribution in [0.1, 0.15) is 200 Å². The first-order valence-electron chi connectivity index (χ1n) is 19.7. The van der Waals surface area contributed by atoms with Crippen LogP contribution in [0.4, 0.5) is 0 Å². The minimum absolute atomic E-state index is 0.0793. The van der Waals surface area contributed by atoms with E-state index < -0.39 is 12.1 Å². The minimum atomic E-state index is -0.864. The third-order valence-corrected chi connectivity index (χ3v) is 8.95. The highest BCUT2D eigenvalue weighted by molar-refractivity contribution is 5.76. The topological polar surface area (TPSA) is 69.6 Å². The Morgan fingerprint density at radius 3 is 1.29 bits per heavy atom. The lowest BCUT2D eigenvalue weighted by atomic mass is 10.0. The third kappa shape index (κ3) is 33.8. The summed E-state index contributed by atoms with van der Waals surface area (Å²) in [6, 6.07) is -0.639. The first kappa shape index (κ1) is 43.6.